The Bertz CT molecular complexity index is 429. The van der Waals surface area contributed by atoms with E-state index in [9.17, 15) is 4.79 Å². The van der Waals surface area contributed by atoms with Crippen LogP contribution in [0.25, 0.3) is 0 Å². The van der Waals surface area contributed by atoms with E-state index in [1.54, 1.807) is 12.1 Å². The van der Waals surface area contributed by atoms with Crippen molar-refractivity contribution in [2.45, 2.75) is 26.2 Å². The van der Waals surface area contributed by atoms with Crippen LogP contribution in [-0.2, 0) is 5.41 Å². The lowest BCUT2D eigenvalue weighted by atomic mass is 9.95. The molecule has 0 saturated heterocycles. The molecular formula is C12H15ClO3S. The van der Waals surface area contributed by atoms with Gasteiger partial charge in [-0.1, -0.05) is 32.4 Å². The van der Waals surface area contributed by atoms with Gasteiger partial charge in [-0.2, -0.15) is 0 Å². The highest BCUT2D eigenvalue weighted by molar-refractivity contribution is 7.14. The fourth-order valence-electron chi connectivity index (χ4n) is 1.17. The number of carboxylic acids is 1. The van der Waals surface area contributed by atoms with E-state index in [0.717, 1.165) is 4.88 Å². The Labute approximate surface area is 110 Å². The molecule has 0 aliphatic rings. The Balaban J connectivity index is 3.01. The number of halogens is 1. The zero-order chi connectivity index (χ0) is 13.1. The molecule has 1 aromatic heterocycles. The molecule has 94 valence electrons. The van der Waals surface area contributed by atoms with Gasteiger partial charge in [-0.25, -0.2) is 4.79 Å². The normalized spacial score (nSPS) is 12.0. The summed E-state index contributed by atoms with van der Waals surface area (Å²) >= 11 is 6.62. The monoisotopic (exact) mass is 274 g/mol. The molecule has 5 heteroatoms. The molecule has 0 bridgehead atoms. The Morgan fingerprint density at radius 1 is 1.59 bits per heavy atom. The minimum absolute atomic E-state index is 0.0845. The van der Waals surface area contributed by atoms with Crippen LogP contribution in [0.2, 0.25) is 0 Å². The predicted molar refractivity (Wildman–Crippen MR) is 70.5 cm³/mol. The molecule has 0 unspecified atom stereocenters. The van der Waals surface area contributed by atoms with Crippen molar-refractivity contribution in [1.29, 1.82) is 0 Å². The smallest absolute Gasteiger partial charge is 0.349 e. The molecule has 0 atom stereocenters. The molecular weight excluding hydrogens is 260 g/mol. The first-order valence-corrected chi connectivity index (χ1v) is 6.37. The highest BCUT2D eigenvalue weighted by Crippen LogP contribution is 2.36. The summed E-state index contributed by atoms with van der Waals surface area (Å²) in [5.41, 5.74) is 1.26. The van der Waals surface area contributed by atoms with Gasteiger partial charge in [-0.05, 0) is 17.6 Å². The van der Waals surface area contributed by atoms with Gasteiger partial charge in [0, 0.05) is 10.4 Å². The van der Waals surface area contributed by atoms with E-state index in [4.69, 9.17) is 21.4 Å². The molecule has 1 heterocycles. The van der Waals surface area contributed by atoms with E-state index in [-0.39, 0.29) is 16.9 Å². The Hall–Kier alpha value is -1.00. The van der Waals surface area contributed by atoms with E-state index >= 15 is 0 Å². The molecule has 0 amide bonds. The second kappa shape index (κ2) is 5.56. The third-order valence-electron chi connectivity index (χ3n) is 2.06. The second-order valence-corrected chi connectivity index (χ2v) is 5.84. The fraction of sp³-hybridized carbons (Fsp3) is 0.417. The maximum atomic E-state index is 11.1. The zero-order valence-corrected chi connectivity index (χ0v) is 11.6. The van der Waals surface area contributed by atoms with E-state index in [1.807, 2.05) is 20.8 Å². The number of rotatable bonds is 4. The van der Waals surface area contributed by atoms with Gasteiger partial charge >= 0.3 is 5.97 Å². The topological polar surface area (TPSA) is 46.5 Å². The molecule has 0 spiro atoms. The maximum Gasteiger partial charge on any atom is 0.349 e. The van der Waals surface area contributed by atoms with Crippen LogP contribution in [0.15, 0.2) is 17.7 Å². The van der Waals surface area contributed by atoms with Gasteiger partial charge in [-0.15, -0.1) is 11.3 Å². The van der Waals surface area contributed by atoms with Crippen molar-refractivity contribution in [3.05, 3.63) is 27.4 Å². The molecule has 0 aliphatic heterocycles. The van der Waals surface area contributed by atoms with Gasteiger partial charge < -0.3 is 9.84 Å². The lowest BCUT2D eigenvalue weighted by molar-refractivity contribution is 0.0698. The van der Waals surface area contributed by atoms with Crippen LogP contribution in [-0.4, -0.2) is 17.7 Å². The number of hydrogen-bond acceptors (Lipinski definition) is 3. The summed E-state index contributed by atoms with van der Waals surface area (Å²) < 4.78 is 5.37. The van der Waals surface area contributed by atoms with Crippen LogP contribution < -0.4 is 4.74 Å². The molecule has 1 aromatic rings. The van der Waals surface area contributed by atoms with Crippen molar-refractivity contribution in [2.24, 2.45) is 0 Å². The number of aromatic carboxylic acids is 1. The van der Waals surface area contributed by atoms with Gasteiger partial charge in [0.25, 0.3) is 0 Å². The molecule has 0 aliphatic carbocycles. The minimum Gasteiger partial charge on any atom is -0.488 e. The minimum atomic E-state index is -0.963. The molecule has 17 heavy (non-hydrogen) atoms. The molecule has 0 saturated carbocycles. The van der Waals surface area contributed by atoms with Crippen LogP contribution in [0.3, 0.4) is 0 Å². The van der Waals surface area contributed by atoms with Crippen LogP contribution in [0.1, 0.15) is 35.3 Å². The van der Waals surface area contributed by atoms with Gasteiger partial charge in [-0.3, -0.25) is 0 Å². The highest BCUT2D eigenvalue weighted by atomic mass is 35.5. The van der Waals surface area contributed by atoms with Gasteiger partial charge in [0.2, 0.25) is 0 Å². The number of carbonyl (C=O) groups is 1. The average Bonchev–Trinajstić information content (AvgIpc) is 2.61. The third-order valence-corrected chi connectivity index (χ3v) is 3.76. The summed E-state index contributed by atoms with van der Waals surface area (Å²) in [5.74, 6) is -0.558. The van der Waals surface area contributed by atoms with E-state index < -0.39 is 5.97 Å². The standard InChI is InChI=1S/C12H15ClO3S/c1-12(2,3)9-7-8(16-6-4-5-13)10(17-9)11(14)15/h4-5,7H,6H2,1-3H3,(H,14,15). The van der Waals surface area contributed by atoms with Crippen molar-refractivity contribution < 1.29 is 14.6 Å². The van der Waals surface area contributed by atoms with Crippen molar-refractivity contribution in [3.8, 4) is 5.75 Å². The Morgan fingerprint density at radius 2 is 2.24 bits per heavy atom. The second-order valence-electron chi connectivity index (χ2n) is 4.53. The van der Waals surface area contributed by atoms with Gasteiger partial charge in [0.1, 0.15) is 12.4 Å². The number of carboxylic acid groups (broad SMARTS) is 1. The van der Waals surface area contributed by atoms with Crippen molar-refractivity contribution in [1.82, 2.24) is 0 Å². The number of hydrogen-bond donors (Lipinski definition) is 1. The van der Waals surface area contributed by atoms with Gasteiger partial charge in [0.05, 0.1) is 0 Å². The quantitative estimate of drug-likeness (QED) is 0.906. The SMILES string of the molecule is CC(C)(C)c1cc(OCC=CCl)c(C(=O)O)s1. The highest BCUT2D eigenvalue weighted by Gasteiger charge is 2.23. The molecule has 0 fully saturated rings. The first-order valence-electron chi connectivity index (χ1n) is 5.12. The lowest BCUT2D eigenvalue weighted by Gasteiger charge is -2.14. The van der Waals surface area contributed by atoms with E-state index in [1.165, 1.54) is 16.9 Å². The Morgan fingerprint density at radius 3 is 2.71 bits per heavy atom. The molecule has 1 rings (SSSR count). The fourth-order valence-corrected chi connectivity index (χ4v) is 2.25. The predicted octanol–water partition coefficient (Wildman–Crippen LogP) is 3.88. The van der Waals surface area contributed by atoms with Crippen molar-refractivity contribution in [3.63, 3.8) is 0 Å². The third kappa shape index (κ3) is 3.75. The first kappa shape index (κ1) is 14.1. The van der Waals surface area contributed by atoms with Crippen LogP contribution in [0, 0.1) is 0 Å². The lowest BCUT2D eigenvalue weighted by Crippen LogP contribution is -2.08. The largest absolute Gasteiger partial charge is 0.488 e. The van der Waals surface area contributed by atoms with E-state index in [2.05, 4.69) is 0 Å². The number of thiophene rings is 1. The molecule has 0 aromatic carbocycles. The molecule has 3 nitrogen and oxygen atoms in total. The number of ether oxygens (including phenoxy) is 1. The summed E-state index contributed by atoms with van der Waals surface area (Å²) in [6, 6.07) is 1.79. The maximum absolute atomic E-state index is 11.1. The van der Waals surface area contributed by atoms with Crippen molar-refractivity contribution in [2.75, 3.05) is 6.61 Å². The van der Waals surface area contributed by atoms with Crippen LogP contribution in [0.4, 0.5) is 0 Å². The summed E-state index contributed by atoms with van der Waals surface area (Å²) in [4.78, 5) is 12.3. The van der Waals surface area contributed by atoms with Crippen LogP contribution >= 0.6 is 22.9 Å². The summed E-state index contributed by atoms with van der Waals surface area (Å²) in [7, 11) is 0. The van der Waals surface area contributed by atoms with Crippen molar-refractivity contribution >= 4 is 28.9 Å². The molecule has 1 N–H and O–H groups in total. The summed E-state index contributed by atoms with van der Waals surface area (Å²) in [6.07, 6.45) is 1.61. The Kier molecular flexibility index (Phi) is 4.60. The summed E-state index contributed by atoms with van der Waals surface area (Å²) in [5, 5.41) is 9.09. The first-order chi connectivity index (χ1) is 7.86. The van der Waals surface area contributed by atoms with Gasteiger partial charge in [0.15, 0.2) is 4.88 Å². The molecule has 0 radical (unpaired) electrons. The van der Waals surface area contributed by atoms with E-state index in [0.29, 0.717) is 5.75 Å². The summed E-state index contributed by atoms with van der Waals surface area (Å²) in [6.45, 7) is 6.37. The zero-order valence-electron chi connectivity index (χ0n) is 9.99. The van der Waals surface area contributed by atoms with Crippen LogP contribution in [0.5, 0.6) is 5.75 Å². The average molecular weight is 275 g/mol.